The highest BCUT2D eigenvalue weighted by Crippen LogP contribution is 2.30. The van der Waals surface area contributed by atoms with Crippen LogP contribution in [0.1, 0.15) is 0 Å². The molecule has 0 atom stereocenters. The summed E-state index contributed by atoms with van der Waals surface area (Å²) in [5, 5.41) is 8.57. The summed E-state index contributed by atoms with van der Waals surface area (Å²) in [6.45, 7) is -0.550. The fourth-order valence-corrected chi connectivity index (χ4v) is 2.64. The number of carbonyl (C=O) groups is 1. The zero-order chi connectivity index (χ0) is 15.9. The fourth-order valence-electron chi connectivity index (χ4n) is 2.12. The van der Waals surface area contributed by atoms with Gasteiger partial charge in [0, 0.05) is 0 Å². The largest absolute Gasteiger partial charge is 0.482 e. The van der Waals surface area contributed by atoms with Crippen LogP contribution in [0.5, 0.6) is 5.75 Å². The molecule has 0 bridgehead atoms. The number of hydrogen-bond donors (Lipinski definition) is 1. The van der Waals surface area contributed by atoms with Crippen molar-refractivity contribution < 1.29 is 23.4 Å². The molecule has 5 nitrogen and oxygen atoms in total. The number of halogens is 2. The molecule has 1 heterocycles. The lowest BCUT2D eigenvalue weighted by Gasteiger charge is -2.07. The number of aliphatic carboxylic acids is 1. The number of benzene rings is 2. The van der Waals surface area contributed by atoms with E-state index in [2.05, 4.69) is 15.9 Å². The first-order valence-corrected chi connectivity index (χ1v) is 6.96. The van der Waals surface area contributed by atoms with Gasteiger partial charge < -0.3 is 14.3 Å². The molecule has 0 fully saturated rings. The summed E-state index contributed by atoms with van der Waals surface area (Å²) in [6, 6.07) is 6.94. The maximum Gasteiger partial charge on any atom is 0.341 e. The third kappa shape index (κ3) is 2.43. The molecule has 2 aromatic carbocycles. The molecule has 0 amide bonds. The Morgan fingerprint density at radius 1 is 1.36 bits per heavy atom. The van der Waals surface area contributed by atoms with Crippen molar-refractivity contribution in [2.45, 2.75) is 0 Å². The van der Waals surface area contributed by atoms with E-state index in [-0.39, 0.29) is 27.7 Å². The number of hydrogen-bond acceptors (Lipinski definition) is 4. The molecule has 3 rings (SSSR count). The SMILES string of the molecule is O=C(O)COc1cc(Br)c2oc3cccc(F)c3c(=O)c2c1. The van der Waals surface area contributed by atoms with Gasteiger partial charge in [-0.05, 0) is 40.2 Å². The minimum absolute atomic E-state index is 0.104. The molecule has 22 heavy (non-hydrogen) atoms. The van der Waals surface area contributed by atoms with Crippen LogP contribution in [0.25, 0.3) is 21.9 Å². The lowest BCUT2D eigenvalue weighted by Crippen LogP contribution is -2.10. The molecular weight excluding hydrogens is 359 g/mol. The van der Waals surface area contributed by atoms with E-state index in [1.807, 2.05) is 0 Å². The average molecular weight is 367 g/mol. The Morgan fingerprint density at radius 2 is 2.14 bits per heavy atom. The van der Waals surface area contributed by atoms with Crippen molar-refractivity contribution in [1.82, 2.24) is 0 Å². The van der Waals surface area contributed by atoms with Crippen molar-refractivity contribution in [1.29, 1.82) is 0 Å². The first-order chi connectivity index (χ1) is 10.5. The van der Waals surface area contributed by atoms with Gasteiger partial charge in [-0.2, -0.15) is 0 Å². The van der Waals surface area contributed by atoms with Crippen LogP contribution in [0.4, 0.5) is 4.39 Å². The molecule has 112 valence electrons. The molecule has 0 unspecified atom stereocenters. The summed E-state index contributed by atoms with van der Waals surface area (Å²) in [5.74, 6) is -1.65. The van der Waals surface area contributed by atoms with Gasteiger partial charge in [-0.15, -0.1) is 0 Å². The number of fused-ring (bicyclic) bond motifs is 2. The highest BCUT2D eigenvalue weighted by Gasteiger charge is 2.15. The Kier molecular flexibility index (Phi) is 3.58. The first-order valence-electron chi connectivity index (χ1n) is 6.16. The Labute approximate surface area is 131 Å². The highest BCUT2D eigenvalue weighted by atomic mass is 79.9. The van der Waals surface area contributed by atoms with E-state index < -0.39 is 23.8 Å². The molecule has 0 aliphatic heterocycles. The summed E-state index contributed by atoms with van der Waals surface area (Å²) >= 11 is 3.24. The van der Waals surface area contributed by atoms with Gasteiger partial charge >= 0.3 is 5.97 Å². The highest BCUT2D eigenvalue weighted by molar-refractivity contribution is 9.10. The normalized spacial score (nSPS) is 11.0. The minimum atomic E-state index is -1.15. The predicted molar refractivity (Wildman–Crippen MR) is 80.8 cm³/mol. The number of ether oxygens (including phenoxy) is 1. The topological polar surface area (TPSA) is 76.7 Å². The quantitative estimate of drug-likeness (QED) is 0.719. The predicted octanol–water partition coefficient (Wildman–Crippen LogP) is 3.31. The maximum absolute atomic E-state index is 13.8. The molecule has 0 saturated carbocycles. The first kappa shape index (κ1) is 14.5. The molecule has 3 aromatic rings. The van der Waals surface area contributed by atoms with Gasteiger partial charge in [0.05, 0.1) is 9.86 Å². The van der Waals surface area contributed by atoms with Gasteiger partial charge in [-0.25, -0.2) is 9.18 Å². The third-order valence-electron chi connectivity index (χ3n) is 3.04. The van der Waals surface area contributed by atoms with Gasteiger partial charge in [-0.3, -0.25) is 4.79 Å². The number of carboxylic acid groups (broad SMARTS) is 1. The average Bonchev–Trinajstić information content (AvgIpc) is 2.46. The molecule has 0 aliphatic rings. The Bertz CT molecular complexity index is 963. The molecule has 1 N–H and O–H groups in total. The van der Waals surface area contributed by atoms with Crippen molar-refractivity contribution >= 4 is 43.8 Å². The molecule has 1 aromatic heterocycles. The van der Waals surface area contributed by atoms with Crippen LogP contribution in [0.3, 0.4) is 0 Å². The fraction of sp³-hybridized carbons (Fsp3) is 0.0667. The minimum Gasteiger partial charge on any atom is -0.482 e. The molecule has 0 saturated heterocycles. The second-order valence-electron chi connectivity index (χ2n) is 4.51. The number of rotatable bonds is 3. The third-order valence-corrected chi connectivity index (χ3v) is 3.63. The van der Waals surface area contributed by atoms with E-state index in [9.17, 15) is 14.0 Å². The van der Waals surface area contributed by atoms with Crippen LogP contribution in [-0.4, -0.2) is 17.7 Å². The lowest BCUT2D eigenvalue weighted by atomic mass is 10.1. The van der Waals surface area contributed by atoms with Crippen molar-refractivity contribution in [2.75, 3.05) is 6.61 Å². The number of carboxylic acids is 1. The zero-order valence-electron chi connectivity index (χ0n) is 10.9. The van der Waals surface area contributed by atoms with E-state index in [1.165, 1.54) is 30.3 Å². The maximum atomic E-state index is 13.8. The molecule has 0 spiro atoms. The van der Waals surface area contributed by atoms with E-state index in [4.69, 9.17) is 14.3 Å². The Balaban J connectivity index is 2.30. The van der Waals surface area contributed by atoms with Crippen LogP contribution in [-0.2, 0) is 4.79 Å². The van der Waals surface area contributed by atoms with Crippen LogP contribution in [0, 0.1) is 5.82 Å². The van der Waals surface area contributed by atoms with Gasteiger partial charge in [0.15, 0.2) is 12.2 Å². The lowest BCUT2D eigenvalue weighted by molar-refractivity contribution is -0.139. The van der Waals surface area contributed by atoms with Crippen molar-refractivity contribution in [3.8, 4) is 5.75 Å². The van der Waals surface area contributed by atoms with Crippen LogP contribution in [0.2, 0.25) is 0 Å². The van der Waals surface area contributed by atoms with E-state index in [0.29, 0.717) is 4.47 Å². The second kappa shape index (κ2) is 5.42. The van der Waals surface area contributed by atoms with E-state index in [0.717, 1.165) is 0 Å². The molecule has 7 heteroatoms. The Morgan fingerprint density at radius 3 is 2.86 bits per heavy atom. The van der Waals surface area contributed by atoms with E-state index >= 15 is 0 Å². The molecule has 0 radical (unpaired) electrons. The Hall–Kier alpha value is -2.41. The van der Waals surface area contributed by atoms with Gasteiger partial charge in [-0.1, -0.05) is 6.07 Å². The van der Waals surface area contributed by atoms with Crippen LogP contribution < -0.4 is 10.2 Å². The molecule has 0 aliphatic carbocycles. The summed E-state index contributed by atoms with van der Waals surface area (Å²) in [7, 11) is 0. The van der Waals surface area contributed by atoms with E-state index in [1.54, 1.807) is 0 Å². The van der Waals surface area contributed by atoms with Gasteiger partial charge in [0.25, 0.3) is 0 Å². The zero-order valence-corrected chi connectivity index (χ0v) is 12.5. The smallest absolute Gasteiger partial charge is 0.341 e. The molecular formula is C15H8BrFO5. The summed E-state index contributed by atoms with van der Waals surface area (Å²) in [5.41, 5.74) is -0.168. The van der Waals surface area contributed by atoms with Crippen molar-refractivity contribution in [3.05, 3.63) is 50.8 Å². The van der Waals surface area contributed by atoms with Gasteiger partial charge in [0.2, 0.25) is 5.43 Å². The van der Waals surface area contributed by atoms with Crippen LogP contribution in [0.15, 0.2) is 44.0 Å². The summed E-state index contributed by atoms with van der Waals surface area (Å²) in [4.78, 5) is 23.0. The standard InChI is InChI=1S/C15H8BrFO5/c16-9-5-7(21-6-12(18)19)4-8-14(20)13-10(17)2-1-3-11(13)22-15(8)9/h1-5H,6H2,(H,18,19). The summed E-state index contributed by atoms with van der Waals surface area (Å²) < 4.78 is 24.9. The van der Waals surface area contributed by atoms with Crippen molar-refractivity contribution in [2.24, 2.45) is 0 Å². The monoisotopic (exact) mass is 366 g/mol. The van der Waals surface area contributed by atoms with Gasteiger partial charge in [0.1, 0.15) is 22.5 Å². The van der Waals surface area contributed by atoms with Crippen molar-refractivity contribution in [3.63, 3.8) is 0 Å². The van der Waals surface area contributed by atoms with Crippen LogP contribution >= 0.6 is 15.9 Å². The summed E-state index contributed by atoms with van der Waals surface area (Å²) in [6.07, 6.45) is 0. The second-order valence-corrected chi connectivity index (χ2v) is 5.36.